The molecule has 1 aliphatic rings. The normalized spacial score (nSPS) is 19.1. The van der Waals surface area contributed by atoms with Gasteiger partial charge in [-0.2, -0.15) is 0 Å². The lowest BCUT2D eigenvalue weighted by molar-refractivity contribution is -0.117. The van der Waals surface area contributed by atoms with Gasteiger partial charge in [-0.1, -0.05) is 45.2 Å². The number of carbonyl (C=O) groups is 2. The summed E-state index contributed by atoms with van der Waals surface area (Å²) in [5, 5.41) is 49.9. The molecule has 3 rings (SSSR count). The van der Waals surface area contributed by atoms with Crippen LogP contribution in [0.3, 0.4) is 0 Å². The van der Waals surface area contributed by atoms with Crippen LogP contribution in [-0.4, -0.2) is 74.5 Å². The molecule has 2 heterocycles. The average Bonchev–Trinajstić information content (AvgIpc) is 3.61. The largest absolute Gasteiger partial charge is 0.459 e. The van der Waals surface area contributed by atoms with Crippen LogP contribution in [0.2, 0.25) is 0 Å². The van der Waals surface area contributed by atoms with E-state index in [9.17, 15) is 35.1 Å². The second-order valence-electron chi connectivity index (χ2n) is 10.8. The maximum Gasteiger partial charge on any atom is 0.348 e. The molecule has 0 saturated carbocycles. The zero-order valence-electron chi connectivity index (χ0n) is 24.0. The van der Waals surface area contributed by atoms with Gasteiger partial charge in [0.05, 0.1) is 12.2 Å². The highest BCUT2D eigenvalue weighted by Gasteiger charge is 2.32. The highest BCUT2D eigenvalue weighted by molar-refractivity contribution is 7.13. The Morgan fingerprint density at radius 1 is 0.976 bits per heavy atom. The summed E-state index contributed by atoms with van der Waals surface area (Å²) in [6.45, 7) is 3.26. The van der Waals surface area contributed by atoms with Gasteiger partial charge in [-0.15, -0.1) is 11.3 Å². The molecule has 4 unspecified atom stereocenters. The van der Waals surface area contributed by atoms with Gasteiger partial charge < -0.3 is 35.2 Å². The number of benzene rings is 1. The number of hydrogen-bond donors (Lipinski definition) is 5. The fourth-order valence-corrected chi connectivity index (χ4v) is 6.09. The third-order valence-corrected chi connectivity index (χ3v) is 8.85. The minimum absolute atomic E-state index is 0.0988. The molecule has 228 valence electrons. The first-order valence-electron chi connectivity index (χ1n) is 14.7. The lowest BCUT2D eigenvalue weighted by Gasteiger charge is -2.25. The van der Waals surface area contributed by atoms with E-state index in [-0.39, 0.29) is 18.4 Å². The van der Waals surface area contributed by atoms with Crippen LogP contribution in [0.15, 0.2) is 36.4 Å². The quantitative estimate of drug-likeness (QED) is 0.138. The number of aryl methyl sites for hydroxylation is 1. The molecule has 10 heteroatoms. The molecule has 9 nitrogen and oxygen atoms in total. The molecule has 1 amide bonds. The molecule has 0 spiro atoms. The molecule has 1 aliphatic heterocycles. The molecule has 0 aliphatic carbocycles. The van der Waals surface area contributed by atoms with Gasteiger partial charge >= 0.3 is 5.97 Å². The minimum atomic E-state index is -1.64. The molecule has 1 aromatic heterocycles. The van der Waals surface area contributed by atoms with E-state index in [2.05, 4.69) is 6.92 Å². The Bertz CT molecular complexity index is 1090. The SMILES string of the molecule is CCCCC[C@H](O)c1ccc(N2C(=O)CC[C@@H]2CCCc2ccc(C(=O)OCC(O)C(O)C(O)C(O)CC)s2)cc1. The fraction of sp³-hybridized carbons (Fsp3) is 0.613. The van der Waals surface area contributed by atoms with Gasteiger partial charge in [-0.25, -0.2) is 4.79 Å². The lowest BCUT2D eigenvalue weighted by Crippen LogP contribution is -2.46. The van der Waals surface area contributed by atoms with Gasteiger partial charge in [0.25, 0.3) is 0 Å². The summed E-state index contributed by atoms with van der Waals surface area (Å²) >= 11 is 1.29. The van der Waals surface area contributed by atoms with Crippen LogP contribution in [0.1, 0.15) is 97.9 Å². The van der Waals surface area contributed by atoms with Crippen LogP contribution in [0.4, 0.5) is 5.69 Å². The number of carbonyl (C=O) groups excluding carboxylic acids is 2. The minimum Gasteiger partial charge on any atom is -0.459 e. The van der Waals surface area contributed by atoms with E-state index >= 15 is 0 Å². The first-order valence-corrected chi connectivity index (χ1v) is 15.6. The van der Waals surface area contributed by atoms with Crippen molar-refractivity contribution in [2.24, 2.45) is 0 Å². The number of rotatable bonds is 17. The number of unbranched alkanes of at least 4 members (excludes halogenated alkanes) is 2. The third kappa shape index (κ3) is 9.33. The standard InChI is InChI=1S/C31H45NO8S/c1-3-5-6-10-25(34)20-11-13-22(14-12-20)32-21(15-18-28(32)36)8-7-9-23-16-17-27(41-23)31(39)40-19-26(35)30(38)29(37)24(33)4-2/h11-14,16-17,21,24-26,29-30,33-35,37-38H,3-10,15,18-19H2,1-2H3/t21-,24?,25-,26?,29?,30?/m0/s1. The lowest BCUT2D eigenvalue weighted by atomic mass is 10.0. The molecule has 6 atom stereocenters. The number of hydrogen-bond acceptors (Lipinski definition) is 9. The third-order valence-electron chi connectivity index (χ3n) is 7.73. The molecule has 1 saturated heterocycles. The number of anilines is 1. The Hall–Kier alpha value is -2.34. The first kappa shape index (κ1) is 33.2. The van der Waals surface area contributed by atoms with E-state index in [1.165, 1.54) is 11.3 Å². The number of nitrogens with zero attached hydrogens (tertiary/aromatic N) is 1. The van der Waals surface area contributed by atoms with E-state index in [1.807, 2.05) is 35.2 Å². The molecule has 2 aromatic rings. The van der Waals surface area contributed by atoms with Crippen LogP contribution in [0.25, 0.3) is 0 Å². The molecular formula is C31H45NO8S. The second kappa shape index (κ2) is 16.3. The zero-order valence-corrected chi connectivity index (χ0v) is 24.8. The van der Waals surface area contributed by atoms with Gasteiger partial charge in [0.15, 0.2) is 0 Å². The van der Waals surface area contributed by atoms with Gasteiger partial charge in [-0.3, -0.25) is 4.79 Å². The number of esters is 1. The van der Waals surface area contributed by atoms with Crippen molar-refractivity contribution < 1.29 is 39.9 Å². The summed E-state index contributed by atoms with van der Waals surface area (Å²) in [5.41, 5.74) is 1.73. The molecule has 1 aromatic carbocycles. The monoisotopic (exact) mass is 591 g/mol. The van der Waals surface area contributed by atoms with Crippen molar-refractivity contribution in [2.75, 3.05) is 11.5 Å². The number of ether oxygens (including phenoxy) is 1. The van der Waals surface area contributed by atoms with E-state index in [0.29, 0.717) is 11.3 Å². The predicted molar refractivity (Wildman–Crippen MR) is 158 cm³/mol. The first-order chi connectivity index (χ1) is 19.7. The number of aliphatic hydroxyl groups excluding tert-OH is 5. The highest BCUT2D eigenvalue weighted by atomic mass is 32.1. The van der Waals surface area contributed by atoms with Crippen molar-refractivity contribution in [3.05, 3.63) is 51.7 Å². The molecule has 1 fully saturated rings. The predicted octanol–water partition coefficient (Wildman–Crippen LogP) is 3.89. The van der Waals surface area contributed by atoms with Crippen molar-refractivity contribution in [3.8, 4) is 0 Å². The summed E-state index contributed by atoms with van der Waals surface area (Å²) in [4.78, 5) is 28.4. The molecular weight excluding hydrogens is 546 g/mol. The maximum atomic E-state index is 12.7. The zero-order chi connectivity index (χ0) is 29.9. The fourth-order valence-electron chi connectivity index (χ4n) is 5.14. The van der Waals surface area contributed by atoms with Crippen LogP contribution in [-0.2, 0) is 16.0 Å². The Balaban J connectivity index is 1.47. The summed E-state index contributed by atoms with van der Waals surface area (Å²) in [6.07, 6.45) is 1.44. The number of aliphatic hydroxyl groups is 5. The molecule has 5 N–H and O–H groups in total. The second-order valence-corrected chi connectivity index (χ2v) is 12.0. The van der Waals surface area contributed by atoms with Crippen LogP contribution >= 0.6 is 11.3 Å². The molecule has 0 bridgehead atoms. The highest BCUT2D eigenvalue weighted by Crippen LogP contribution is 2.31. The van der Waals surface area contributed by atoms with E-state index in [1.54, 1.807) is 13.0 Å². The van der Waals surface area contributed by atoms with Gasteiger partial charge in [0.2, 0.25) is 5.91 Å². The Labute approximate surface area is 246 Å². The van der Waals surface area contributed by atoms with Gasteiger partial charge in [-0.05, 0) is 68.4 Å². The van der Waals surface area contributed by atoms with Crippen molar-refractivity contribution >= 4 is 28.9 Å². The van der Waals surface area contributed by atoms with Crippen LogP contribution in [0.5, 0.6) is 0 Å². The Kier molecular flexibility index (Phi) is 13.2. The van der Waals surface area contributed by atoms with Crippen molar-refractivity contribution in [2.45, 2.75) is 115 Å². The van der Waals surface area contributed by atoms with Crippen molar-refractivity contribution in [1.29, 1.82) is 0 Å². The maximum absolute atomic E-state index is 12.7. The van der Waals surface area contributed by atoms with Crippen molar-refractivity contribution in [3.63, 3.8) is 0 Å². The number of thiophene rings is 1. The smallest absolute Gasteiger partial charge is 0.348 e. The summed E-state index contributed by atoms with van der Waals surface area (Å²) < 4.78 is 5.10. The summed E-state index contributed by atoms with van der Waals surface area (Å²) in [7, 11) is 0. The van der Waals surface area contributed by atoms with Gasteiger partial charge in [0.1, 0.15) is 29.8 Å². The topological polar surface area (TPSA) is 148 Å². The van der Waals surface area contributed by atoms with E-state index in [0.717, 1.165) is 67.5 Å². The van der Waals surface area contributed by atoms with Gasteiger partial charge in [0, 0.05) is 23.0 Å². The van der Waals surface area contributed by atoms with Crippen molar-refractivity contribution in [1.82, 2.24) is 0 Å². The van der Waals surface area contributed by atoms with E-state index in [4.69, 9.17) is 4.74 Å². The van der Waals surface area contributed by atoms with Crippen LogP contribution < -0.4 is 4.90 Å². The Morgan fingerprint density at radius 2 is 1.68 bits per heavy atom. The molecule has 41 heavy (non-hydrogen) atoms. The summed E-state index contributed by atoms with van der Waals surface area (Å²) in [6, 6.07) is 11.3. The Morgan fingerprint density at radius 3 is 2.37 bits per heavy atom. The number of amides is 1. The van der Waals surface area contributed by atoms with Crippen LogP contribution in [0, 0.1) is 0 Å². The average molecular weight is 592 g/mol. The van der Waals surface area contributed by atoms with E-state index < -0.39 is 43.1 Å². The summed E-state index contributed by atoms with van der Waals surface area (Å²) in [5.74, 6) is -0.527. The molecule has 0 radical (unpaired) electrons.